The van der Waals surface area contributed by atoms with E-state index in [0.717, 1.165) is 11.1 Å². The molecule has 1 amide bonds. The zero-order chi connectivity index (χ0) is 24.8. The normalized spacial score (nSPS) is 11.3. The van der Waals surface area contributed by atoms with Gasteiger partial charge in [0.25, 0.3) is 0 Å². The lowest BCUT2D eigenvalue weighted by Crippen LogP contribution is -2.21. The van der Waals surface area contributed by atoms with Crippen molar-refractivity contribution < 1.29 is 14.3 Å². The lowest BCUT2D eigenvalue weighted by Gasteiger charge is -2.12. The van der Waals surface area contributed by atoms with Crippen molar-refractivity contribution in [1.29, 1.82) is 0 Å². The summed E-state index contributed by atoms with van der Waals surface area (Å²) in [5, 5.41) is 7.21. The summed E-state index contributed by atoms with van der Waals surface area (Å²) in [5.74, 6) is 1.42. The van der Waals surface area contributed by atoms with E-state index in [0.29, 0.717) is 41.9 Å². The largest absolute Gasteiger partial charge is 0.493 e. The minimum absolute atomic E-state index is 0.214. The molecule has 35 heavy (non-hydrogen) atoms. The van der Waals surface area contributed by atoms with E-state index in [1.807, 2.05) is 42.5 Å². The number of aromatic nitrogens is 3. The molecule has 1 N–H and O–H groups in total. The van der Waals surface area contributed by atoms with Gasteiger partial charge < -0.3 is 14.8 Å². The number of ether oxygens (including phenoxy) is 2. The Labute approximate surface area is 203 Å². The second-order valence-electron chi connectivity index (χ2n) is 8.51. The van der Waals surface area contributed by atoms with Gasteiger partial charge in [0.1, 0.15) is 0 Å². The summed E-state index contributed by atoms with van der Waals surface area (Å²) in [6, 6.07) is 18.3. The standard InChI is InChI=1S/C27H28N4O4/c1-19(2)18-35-23-12-10-20(16-24(23)34-3)11-13-26(32)28-22-8-6-7-21(15-22)17-31-27(33)30-14-5-4-9-25(30)29-31/h4-16,19H,17-18H2,1-3H3,(H,28,32)/b13-11+. The van der Waals surface area contributed by atoms with Gasteiger partial charge in [-0.3, -0.25) is 9.20 Å². The van der Waals surface area contributed by atoms with E-state index in [9.17, 15) is 9.59 Å². The Kier molecular flexibility index (Phi) is 7.30. The van der Waals surface area contributed by atoms with Crippen LogP contribution in [0.1, 0.15) is 25.0 Å². The molecule has 2 heterocycles. The topological polar surface area (TPSA) is 86.9 Å². The van der Waals surface area contributed by atoms with Crippen molar-refractivity contribution in [1.82, 2.24) is 14.2 Å². The molecule has 0 unspecified atom stereocenters. The number of methoxy groups -OCH3 is 1. The first-order chi connectivity index (χ1) is 16.9. The second-order valence-corrected chi connectivity index (χ2v) is 8.51. The van der Waals surface area contributed by atoms with Crippen LogP contribution in [-0.4, -0.2) is 33.8 Å². The number of carbonyl (C=O) groups excluding carboxylic acids is 1. The highest BCUT2D eigenvalue weighted by Crippen LogP contribution is 2.29. The zero-order valence-electron chi connectivity index (χ0n) is 20.0. The Morgan fingerprint density at radius 2 is 1.94 bits per heavy atom. The first kappa shape index (κ1) is 23.8. The maximum Gasteiger partial charge on any atom is 0.350 e. The smallest absolute Gasteiger partial charge is 0.350 e. The van der Waals surface area contributed by atoms with E-state index in [2.05, 4.69) is 24.3 Å². The van der Waals surface area contributed by atoms with Crippen LogP contribution < -0.4 is 20.5 Å². The summed E-state index contributed by atoms with van der Waals surface area (Å²) in [6.07, 6.45) is 4.86. The molecule has 0 bridgehead atoms. The number of amides is 1. The van der Waals surface area contributed by atoms with E-state index in [4.69, 9.17) is 9.47 Å². The van der Waals surface area contributed by atoms with E-state index in [-0.39, 0.29) is 11.6 Å². The summed E-state index contributed by atoms with van der Waals surface area (Å²) < 4.78 is 14.1. The second kappa shape index (κ2) is 10.7. The summed E-state index contributed by atoms with van der Waals surface area (Å²) in [4.78, 5) is 25.0. The first-order valence-corrected chi connectivity index (χ1v) is 11.4. The van der Waals surface area contributed by atoms with E-state index in [1.165, 1.54) is 15.2 Å². The number of nitrogens with one attached hydrogen (secondary N) is 1. The molecule has 0 aliphatic heterocycles. The van der Waals surface area contributed by atoms with Crippen LogP contribution in [0.5, 0.6) is 11.5 Å². The van der Waals surface area contributed by atoms with Crippen molar-refractivity contribution in [2.24, 2.45) is 5.92 Å². The van der Waals surface area contributed by atoms with Crippen LogP contribution in [0.15, 0.2) is 77.7 Å². The fraction of sp³-hybridized carbons (Fsp3) is 0.222. The Balaban J connectivity index is 1.41. The molecule has 0 spiro atoms. The molecule has 2 aromatic carbocycles. The third-order valence-corrected chi connectivity index (χ3v) is 5.20. The van der Waals surface area contributed by atoms with Crippen LogP contribution in [0.2, 0.25) is 0 Å². The third-order valence-electron chi connectivity index (χ3n) is 5.20. The highest BCUT2D eigenvalue weighted by Gasteiger charge is 2.08. The molecule has 0 fully saturated rings. The number of rotatable bonds is 9. The van der Waals surface area contributed by atoms with Gasteiger partial charge in [0.15, 0.2) is 17.1 Å². The Morgan fingerprint density at radius 1 is 1.09 bits per heavy atom. The van der Waals surface area contributed by atoms with Crippen molar-refractivity contribution in [3.63, 3.8) is 0 Å². The molecule has 4 rings (SSSR count). The Morgan fingerprint density at radius 3 is 2.71 bits per heavy atom. The van der Waals surface area contributed by atoms with E-state index in [1.54, 1.807) is 37.6 Å². The van der Waals surface area contributed by atoms with Crippen LogP contribution in [0.4, 0.5) is 5.69 Å². The third kappa shape index (κ3) is 5.97. The highest BCUT2D eigenvalue weighted by molar-refractivity contribution is 6.02. The zero-order valence-corrected chi connectivity index (χ0v) is 20.0. The number of nitrogens with zero attached hydrogens (tertiary/aromatic N) is 3. The van der Waals surface area contributed by atoms with Gasteiger partial charge in [0.2, 0.25) is 5.91 Å². The molecule has 0 saturated carbocycles. The first-order valence-electron chi connectivity index (χ1n) is 11.4. The van der Waals surface area contributed by atoms with Crippen LogP contribution in [0.25, 0.3) is 11.7 Å². The molecule has 0 aliphatic rings. The monoisotopic (exact) mass is 472 g/mol. The number of fused-ring (bicyclic) bond motifs is 1. The molecule has 0 aliphatic carbocycles. The number of anilines is 1. The minimum atomic E-state index is -0.272. The van der Waals surface area contributed by atoms with Crippen molar-refractivity contribution in [3.05, 3.63) is 94.5 Å². The molecule has 8 nitrogen and oxygen atoms in total. The van der Waals surface area contributed by atoms with Crippen LogP contribution >= 0.6 is 0 Å². The number of benzene rings is 2. The summed E-state index contributed by atoms with van der Waals surface area (Å²) in [7, 11) is 1.59. The fourth-order valence-electron chi connectivity index (χ4n) is 3.51. The Bertz CT molecular complexity index is 1420. The number of carbonyl (C=O) groups is 1. The van der Waals surface area contributed by atoms with Crippen molar-refractivity contribution >= 4 is 23.3 Å². The maximum absolute atomic E-state index is 12.5. The minimum Gasteiger partial charge on any atom is -0.493 e. The van der Waals surface area contributed by atoms with Gasteiger partial charge in [-0.25, -0.2) is 9.48 Å². The van der Waals surface area contributed by atoms with Crippen molar-refractivity contribution in [2.75, 3.05) is 19.0 Å². The van der Waals surface area contributed by atoms with Gasteiger partial charge in [-0.1, -0.05) is 38.1 Å². The van der Waals surface area contributed by atoms with Crippen molar-refractivity contribution in [2.45, 2.75) is 20.4 Å². The van der Waals surface area contributed by atoms with Crippen LogP contribution in [0, 0.1) is 5.92 Å². The molecular formula is C27H28N4O4. The van der Waals surface area contributed by atoms with E-state index >= 15 is 0 Å². The van der Waals surface area contributed by atoms with Crippen molar-refractivity contribution in [3.8, 4) is 11.5 Å². The lowest BCUT2D eigenvalue weighted by molar-refractivity contribution is -0.111. The van der Waals surface area contributed by atoms with Crippen LogP contribution in [0.3, 0.4) is 0 Å². The van der Waals surface area contributed by atoms with Gasteiger partial charge in [-0.2, -0.15) is 0 Å². The molecule has 4 aromatic rings. The lowest BCUT2D eigenvalue weighted by atomic mass is 10.1. The molecular weight excluding hydrogens is 444 g/mol. The SMILES string of the molecule is COc1cc(/C=C/C(=O)Nc2cccc(Cn3nc4ccccn4c3=O)c2)ccc1OCC(C)C. The summed E-state index contributed by atoms with van der Waals surface area (Å²) >= 11 is 0. The number of hydrogen-bond donors (Lipinski definition) is 1. The molecule has 0 atom stereocenters. The van der Waals surface area contributed by atoms with Gasteiger partial charge in [-0.05, 0) is 59.5 Å². The van der Waals surface area contributed by atoms with Crippen LogP contribution in [-0.2, 0) is 11.3 Å². The summed E-state index contributed by atoms with van der Waals surface area (Å²) in [6.45, 7) is 5.05. The van der Waals surface area contributed by atoms with Gasteiger partial charge in [-0.15, -0.1) is 5.10 Å². The predicted molar refractivity (Wildman–Crippen MR) is 136 cm³/mol. The molecule has 0 saturated heterocycles. The highest BCUT2D eigenvalue weighted by atomic mass is 16.5. The van der Waals surface area contributed by atoms with Gasteiger partial charge >= 0.3 is 5.69 Å². The number of pyridine rings is 1. The molecule has 8 heteroatoms. The molecule has 2 aromatic heterocycles. The van der Waals surface area contributed by atoms with E-state index < -0.39 is 0 Å². The average Bonchev–Trinajstić information content (AvgIpc) is 3.17. The van der Waals surface area contributed by atoms with Gasteiger partial charge in [0, 0.05) is 18.0 Å². The average molecular weight is 473 g/mol. The predicted octanol–water partition coefficient (Wildman–Crippen LogP) is 4.24. The van der Waals surface area contributed by atoms with Gasteiger partial charge in [0.05, 0.1) is 20.3 Å². The number of hydrogen-bond acceptors (Lipinski definition) is 5. The summed E-state index contributed by atoms with van der Waals surface area (Å²) in [5.41, 5.74) is 2.66. The fourth-order valence-corrected chi connectivity index (χ4v) is 3.51. The quantitative estimate of drug-likeness (QED) is 0.368. The molecule has 0 radical (unpaired) electrons. The maximum atomic E-state index is 12.5. The molecule has 180 valence electrons. The Hall–Kier alpha value is -4.33.